The molecule has 27 heavy (non-hydrogen) atoms. The van der Waals surface area contributed by atoms with Crippen LogP contribution in [-0.4, -0.2) is 39.3 Å². The number of hydrogen-bond acceptors (Lipinski definition) is 4. The van der Waals surface area contributed by atoms with E-state index in [4.69, 9.17) is 4.74 Å². The largest absolute Gasteiger partial charge is 0.497 e. The zero-order chi connectivity index (χ0) is 19.9. The standard InChI is InChI=1S/C19H23FN2O4S/c1-22(27(24,25)18-11-7-16(20)8-12-18)13-3-4-19(23)21-14-15-5-9-17(26-2)10-6-15/h5-12H,3-4,13-14H2,1-2H3,(H,21,23). The first-order valence-corrected chi connectivity index (χ1v) is 9.88. The van der Waals surface area contributed by atoms with Gasteiger partial charge in [-0.25, -0.2) is 17.1 Å². The Hall–Kier alpha value is -2.45. The van der Waals surface area contributed by atoms with Crippen LogP contribution in [0.1, 0.15) is 18.4 Å². The fourth-order valence-corrected chi connectivity index (χ4v) is 3.61. The van der Waals surface area contributed by atoms with Gasteiger partial charge < -0.3 is 10.1 Å². The molecule has 2 rings (SSSR count). The Labute approximate surface area is 159 Å². The molecule has 0 unspecified atom stereocenters. The lowest BCUT2D eigenvalue weighted by Crippen LogP contribution is -2.29. The van der Waals surface area contributed by atoms with Crippen LogP contribution in [0.25, 0.3) is 0 Å². The van der Waals surface area contributed by atoms with Crippen LogP contribution in [0.3, 0.4) is 0 Å². The minimum atomic E-state index is -3.69. The van der Waals surface area contributed by atoms with E-state index in [1.807, 2.05) is 24.3 Å². The van der Waals surface area contributed by atoms with Gasteiger partial charge in [-0.2, -0.15) is 0 Å². The van der Waals surface area contributed by atoms with Crippen molar-refractivity contribution >= 4 is 15.9 Å². The maximum Gasteiger partial charge on any atom is 0.242 e. The van der Waals surface area contributed by atoms with Crippen LogP contribution in [0.15, 0.2) is 53.4 Å². The van der Waals surface area contributed by atoms with Gasteiger partial charge in [-0.15, -0.1) is 0 Å². The minimum absolute atomic E-state index is 0.0235. The first kappa shape index (κ1) is 20.9. The van der Waals surface area contributed by atoms with Crippen molar-refractivity contribution < 1.29 is 22.3 Å². The summed E-state index contributed by atoms with van der Waals surface area (Å²) in [6.45, 7) is 0.586. The van der Waals surface area contributed by atoms with E-state index in [0.29, 0.717) is 13.0 Å². The van der Waals surface area contributed by atoms with Gasteiger partial charge in [0.15, 0.2) is 0 Å². The summed E-state index contributed by atoms with van der Waals surface area (Å²) in [6.07, 6.45) is 0.588. The summed E-state index contributed by atoms with van der Waals surface area (Å²) >= 11 is 0. The number of carbonyl (C=O) groups excluding carboxylic acids is 1. The van der Waals surface area contributed by atoms with Gasteiger partial charge in [-0.05, 0) is 48.4 Å². The monoisotopic (exact) mass is 394 g/mol. The van der Waals surface area contributed by atoms with Crippen LogP contribution >= 0.6 is 0 Å². The average Bonchev–Trinajstić information content (AvgIpc) is 2.67. The Morgan fingerprint density at radius 3 is 2.33 bits per heavy atom. The van der Waals surface area contributed by atoms with E-state index in [2.05, 4.69) is 5.32 Å². The summed E-state index contributed by atoms with van der Waals surface area (Å²) in [4.78, 5) is 12.0. The number of methoxy groups -OCH3 is 1. The molecule has 0 aliphatic heterocycles. The van der Waals surface area contributed by atoms with E-state index in [9.17, 15) is 17.6 Å². The van der Waals surface area contributed by atoms with Crippen LogP contribution in [0.4, 0.5) is 4.39 Å². The van der Waals surface area contributed by atoms with Crippen molar-refractivity contribution in [1.82, 2.24) is 9.62 Å². The van der Waals surface area contributed by atoms with Crippen molar-refractivity contribution in [2.24, 2.45) is 0 Å². The van der Waals surface area contributed by atoms with Crippen molar-refractivity contribution in [3.63, 3.8) is 0 Å². The van der Waals surface area contributed by atoms with E-state index in [1.54, 1.807) is 7.11 Å². The summed E-state index contributed by atoms with van der Waals surface area (Å²) in [5, 5.41) is 2.80. The average molecular weight is 394 g/mol. The molecule has 8 heteroatoms. The van der Waals surface area contributed by atoms with E-state index in [0.717, 1.165) is 27.8 Å². The molecule has 0 heterocycles. The third-order valence-electron chi connectivity index (χ3n) is 4.05. The number of sulfonamides is 1. The molecule has 2 aromatic rings. The Kier molecular flexibility index (Phi) is 7.32. The highest BCUT2D eigenvalue weighted by atomic mass is 32.2. The quantitative estimate of drug-likeness (QED) is 0.709. The second-order valence-corrected chi connectivity index (χ2v) is 8.05. The molecule has 0 bridgehead atoms. The topological polar surface area (TPSA) is 75.7 Å². The molecule has 0 radical (unpaired) electrons. The molecule has 1 amide bonds. The van der Waals surface area contributed by atoms with E-state index < -0.39 is 15.8 Å². The van der Waals surface area contributed by atoms with Crippen LogP contribution in [0.2, 0.25) is 0 Å². The van der Waals surface area contributed by atoms with E-state index in [-0.39, 0.29) is 23.8 Å². The molecule has 0 saturated heterocycles. The third-order valence-corrected chi connectivity index (χ3v) is 5.92. The van der Waals surface area contributed by atoms with E-state index >= 15 is 0 Å². The number of hydrogen-bond donors (Lipinski definition) is 1. The number of halogens is 1. The zero-order valence-corrected chi connectivity index (χ0v) is 16.1. The number of ether oxygens (including phenoxy) is 1. The summed E-state index contributed by atoms with van der Waals surface area (Å²) in [6, 6.07) is 12.0. The van der Waals surface area contributed by atoms with Crippen molar-refractivity contribution in [1.29, 1.82) is 0 Å². The van der Waals surface area contributed by atoms with Gasteiger partial charge in [0, 0.05) is 26.6 Å². The van der Waals surface area contributed by atoms with Crippen LogP contribution < -0.4 is 10.1 Å². The summed E-state index contributed by atoms with van der Waals surface area (Å²) in [5.41, 5.74) is 0.945. The number of nitrogens with zero attached hydrogens (tertiary/aromatic N) is 1. The Morgan fingerprint density at radius 2 is 1.74 bits per heavy atom. The molecule has 1 N–H and O–H groups in total. The number of rotatable bonds is 9. The molecule has 0 aliphatic carbocycles. The Balaban J connectivity index is 1.77. The molecule has 6 nitrogen and oxygen atoms in total. The smallest absolute Gasteiger partial charge is 0.242 e. The SMILES string of the molecule is COc1ccc(CNC(=O)CCCN(C)S(=O)(=O)c2ccc(F)cc2)cc1. The first-order chi connectivity index (χ1) is 12.8. The molecule has 146 valence electrons. The lowest BCUT2D eigenvalue weighted by atomic mass is 10.2. The molecule has 0 spiro atoms. The van der Waals surface area contributed by atoms with E-state index in [1.165, 1.54) is 19.2 Å². The van der Waals surface area contributed by atoms with Gasteiger partial charge in [0.25, 0.3) is 0 Å². The maximum atomic E-state index is 12.9. The van der Waals surface area contributed by atoms with Gasteiger partial charge in [0.05, 0.1) is 12.0 Å². The molecule has 0 saturated carbocycles. The predicted molar refractivity (Wildman–Crippen MR) is 100 cm³/mol. The van der Waals surface area contributed by atoms with Crippen LogP contribution in [0, 0.1) is 5.82 Å². The first-order valence-electron chi connectivity index (χ1n) is 8.44. The highest BCUT2D eigenvalue weighted by molar-refractivity contribution is 7.89. The molecular formula is C19H23FN2O4S. The third kappa shape index (κ3) is 6.04. The summed E-state index contributed by atoms with van der Waals surface area (Å²) < 4.78 is 43.9. The number of amides is 1. The highest BCUT2D eigenvalue weighted by Gasteiger charge is 2.20. The van der Waals surface area contributed by atoms with Crippen molar-refractivity contribution in [3.05, 3.63) is 59.9 Å². The fraction of sp³-hybridized carbons (Fsp3) is 0.316. The van der Waals surface area contributed by atoms with Crippen molar-refractivity contribution in [3.8, 4) is 5.75 Å². The molecular weight excluding hydrogens is 371 g/mol. The second kappa shape index (κ2) is 9.48. The van der Waals surface area contributed by atoms with Gasteiger partial charge in [-0.3, -0.25) is 4.79 Å². The fourth-order valence-electron chi connectivity index (χ4n) is 2.40. The molecule has 2 aromatic carbocycles. The van der Waals surface area contributed by atoms with Gasteiger partial charge in [0.1, 0.15) is 11.6 Å². The van der Waals surface area contributed by atoms with Gasteiger partial charge in [0.2, 0.25) is 15.9 Å². The maximum absolute atomic E-state index is 12.9. The summed E-state index contributed by atoms with van der Waals surface area (Å²) in [5.74, 6) is 0.0963. The lowest BCUT2D eigenvalue weighted by Gasteiger charge is -2.17. The van der Waals surface area contributed by atoms with Crippen molar-refractivity contribution in [2.75, 3.05) is 20.7 Å². The number of nitrogens with one attached hydrogen (secondary N) is 1. The number of carbonyl (C=O) groups is 1. The van der Waals surface area contributed by atoms with Gasteiger partial charge >= 0.3 is 0 Å². The zero-order valence-electron chi connectivity index (χ0n) is 15.3. The predicted octanol–water partition coefficient (Wildman–Crippen LogP) is 2.55. The van der Waals surface area contributed by atoms with Crippen LogP contribution in [0.5, 0.6) is 5.75 Å². The molecule has 0 fully saturated rings. The van der Waals surface area contributed by atoms with Crippen molar-refractivity contribution in [2.45, 2.75) is 24.3 Å². The molecule has 0 aliphatic rings. The number of benzene rings is 2. The lowest BCUT2D eigenvalue weighted by molar-refractivity contribution is -0.121. The normalized spacial score (nSPS) is 11.4. The van der Waals surface area contributed by atoms with Gasteiger partial charge in [-0.1, -0.05) is 12.1 Å². The molecule has 0 aromatic heterocycles. The Morgan fingerprint density at radius 1 is 1.11 bits per heavy atom. The van der Waals surface area contributed by atoms with Crippen LogP contribution in [-0.2, 0) is 21.4 Å². The molecule has 0 atom stereocenters. The second-order valence-electron chi connectivity index (χ2n) is 6.01. The summed E-state index contributed by atoms with van der Waals surface area (Å²) in [7, 11) is -0.667. The highest BCUT2D eigenvalue weighted by Crippen LogP contribution is 2.15. The Bertz CT molecular complexity index is 852. The minimum Gasteiger partial charge on any atom is -0.497 e.